The van der Waals surface area contributed by atoms with Crippen molar-refractivity contribution in [1.29, 1.82) is 0 Å². The highest BCUT2D eigenvalue weighted by atomic mass is 19.1. The van der Waals surface area contributed by atoms with Gasteiger partial charge in [-0.2, -0.15) is 8.78 Å². The summed E-state index contributed by atoms with van der Waals surface area (Å²) >= 11 is 0. The molecule has 2 heterocycles. The highest BCUT2D eigenvalue weighted by Crippen LogP contribution is 2.23. The first-order chi connectivity index (χ1) is 9.97. The van der Waals surface area contributed by atoms with Crippen LogP contribution in [-0.4, -0.2) is 9.97 Å². The molecule has 2 aromatic rings. The highest BCUT2D eigenvalue weighted by molar-refractivity contribution is 5.23. The average molecular weight is 290 g/mol. The van der Waals surface area contributed by atoms with Crippen LogP contribution in [0.3, 0.4) is 0 Å². The summed E-state index contributed by atoms with van der Waals surface area (Å²) < 4.78 is 26.9. The molecule has 21 heavy (non-hydrogen) atoms. The molecular formula is C17H20F2N2. The van der Waals surface area contributed by atoms with Crippen LogP contribution in [0.15, 0.2) is 30.6 Å². The smallest absolute Gasteiger partial charge is 0.216 e. The van der Waals surface area contributed by atoms with E-state index in [1.165, 1.54) is 12.3 Å². The van der Waals surface area contributed by atoms with E-state index in [1.54, 1.807) is 12.3 Å². The van der Waals surface area contributed by atoms with Crippen LogP contribution >= 0.6 is 0 Å². The Bertz CT molecular complexity index is 611. The van der Waals surface area contributed by atoms with Gasteiger partial charge >= 0.3 is 0 Å². The van der Waals surface area contributed by atoms with Gasteiger partial charge in [-0.3, -0.25) is 0 Å². The minimum absolute atomic E-state index is 0.143. The predicted molar refractivity (Wildman–Crippen MR) is 79.2 cm³/mol. The van der Waals surface area contributed by atoms with E-state index in [-0.39, 0.29) is 5.92 Å². The number of aromatic nitrogens is 2. The second-order valence-electron chi connectivity index (χ2n) is 5.72. The van der Waals surface area contributed by atoms with Crippen LogP contribution in [0.5, 0.6) is 0 Å². The molecule has 0 N–H and O–H groups in total. The number of pyridine rings is 2. The fourth-order valence-corrected chi connectivity index (χ4v) is 2.27. The van der Waals surface area contributed by atoms with Crippen LogP contribution < -0.4 is 0 Å². The van der Waals surface area contributed by atoms with Crippen molar-refractivity contribution in [2.45, 2.75) is 45.4 Å². The molecule has 2 nitrogen and oxygen atoms in total. The number of rotatable bonds is 5. The van der Waals surface area contributed by atoms with Gasteiger partial charge in [-0.05, 0) is 54.0 Å². The predicted octanol–water partition coefficient (Wildman–Crippen LogP) is 4.61. The second-order valence-corrected chi connectivity index (χ2v) is 5.72. The third kappa shape index (κ3) is 4.06. The van der Waals surface area contributed by atoms with Gasteiger partial charge in [0.1, 0.15) is 0 Å². The first-order valence-electron chi connectivity index (χ1n) is 7.23. The van der Waals surface area contributed by atoms with E-state index >= 15 is 0 Å². The SMILES string of the molecule is CC(C)c1cnc(F)c(CCC(C)c2ccnc(F)c2)c1. The second kappa shape index (κ2) is 6.74. The van der Waals surface area contributed by atoms with Crippen molar-refractivity contribution in [2.75, 3.05) is 0 Å². The Hall–Kier alpha value is -1.84. The summed E-state index contributed by atoms with van der Waals surface area (Å²) in [7, 11) is 0. The van der Waals surface area contributed by atoms with Crippen LogP contribution in [0.2, 0.25) is 0 Å². The zero-order valence-electron chi connectivity index (χ0n) is 12.6. The van der Waals surface area contributed by atoms with Gasteiger partial charge < -0.3 is 0 Å². The molecule has 0 bridgehead atoms. The minimum Gasteiger partial charge on any atom is -0.228 e. The van der Waals surface area contributed by atoms with Crippen molar-refractivity contribution in [3.63, 3.8) is 0 Å². The molecule has 2 aromatic heterocycles. The Morgan fingerprint density at radius 1 is 1.05 bits per heavy atom. The molecule has 0 saturated carbocycles. The van der Waals surface area contributed by atoms with E-state index < -0.39 is 11.9 Å². The number of hydrogen-bond acceptors (Lipinski definition) is 2. The fourth-order valence-electron chi connectivity index (χ4n) is 2.27. The maximum Gasteiger partial charge on any atom is 0.216 e. The molecule has 4 heteroatoms. The van der Waals surface area contributed by atoms with E-state index in [0.717, 1.165) is 17.5 Å². The molecule has 0 fully saturated rings. The Morgan fingerprint density at radius 2 is 1.81 bits per heavy atom. The molecule has 112 valence electrons. The molecule has 0 spiro atoms. The number of nitrogens with zero attached hydrogens (tertiary/aromatic N) is 2. The maximum absolute atomic E-state index is 13.8. The molecule has 0 aliphatic heterocycles. The molecule has 1 unspecified atom stereocenters. The van der Waals surface area contributed by atoms with Crippen LogP contribution in [0.1, 0.15) is 55.7 Å². The molecule has 1 atom stereocenters. The molecule has 2 rings (SSSR count). The van der Waals surface area contributed by atoms with Gasteiger partial charge in [-0.25, -0.2) is 9.97 Å². The van der Waals surface area contributed by atoms with E-state index in [2.05, 4.69) is 23.8 Å². The molecular weight excluding hydrogens is 270 g/mol. The quantitative estimate of drug-likeness (QED) is 0.751. The summed E-state index contributed by atoms with van der Waals surface area (Å²) in [6, 6.07) is 5.11. The lowest BCUT2D eigenvalue weighted by molar-refractivity contribution is 0.549. The standard InChI is InChI=1S/C17H20F2N2/c1-11(2)15-8-14(17(19)21-10-15)5-4-12(3)13-6-7-20-16(18)9-13/h6-12H,4-5H2,1-3H3. The highest BCUT2D eigenvalue weighted by Gasteiger charge is 2.11. The Morgan fingerprint density at radius 3 is 2.48 bits per heavy atom. The third-order valence-electron chi connectivity index (χ3n) is 3.77. The van der Waals surface area contributed by atoms with Crippen LogP contribution in [-0.2, 0) is 6.42 Å². The Kier molecular flexibility index (Phi) is 4.99. The van der Waals surface area contributed by atoms with Crippen molar-refractivity contribution in [3.8, 4) is 0 Å². The van der Waals surface area contributed by atoms with Gasteiger partial charge in [0, 0.05) is 18.0 Å². The molecule has 0 aliphatic rings. The first kappa shape index (κ1) is 15.5. The summed E-state index contributed by atoms with van der Waals surface area (Å²) in [4.78, 5) is 7.38. The summed E-state index contributed by atoms with van der Waals surface area (Å²) in [5.74, 6) is -0.422. The van der Waals surface area contributed by atoms with Crippen molar-refractivity contribution in [3.05, 3.63) is 59.2 Å². The van der Waals surface area contributed by atoms with E-state index in [4.69, 9.17) is 0 Å². The van der Waals surface area contributed by atoms with Gasteiger partial charge in [0.15, 0.2) is 0 Å². The van der Waals surface area contributed by atoms with Crippen molar-refractivity contribution in [2.24, 2.45) is 0 Å². The summed E-state index contributed by atoms with van der Waals surface area (Å²) in [6.45, 7) is 6.12. The van der Waals surface area contributed by atoms with E-state index in [1.807, 2.05) is 13.0 Å². The molecule has 0 amide bonds. The zero-order valence-corrected chi connectivity index (χ0v) is 12.6. The number of aryl methyl sites for hydroxylation is 1. The first-order valence-corrected chi connectivity index (χ1v) is 7.23. The largest absolute Gasteiger partial charge is 0.228 e. The Balaban J connectivity index is 2.07. The van der Waals surface area contributed by atoms with Crippen LogP contribution in [0, 0.1) is 11.9 Å². The molecule has 0 radical (unpaired) electrons. The lowest BCUT2D eigenvalue weighted by atomic mass is 9.94. The maximum atomic E-state index is 13.8. The third-order valence-corrected chi connectivity index (χ3v) is 3.77. The van der Waals surface area contributed by atoms with Gasteiger partial charge in [-0.15, -0.1) is 0 Å². The van der Waals surface area contributed by atoms with Crippen molar-refractivity contribution in [1.82, 2.24) is 9.97 Å². The van der Waals surface area contributed by atoms with Crippen LogP contribution in [0.4, 0.5) is 8.78 Å². The van der Waals surface area contributed by atoms with Crippen molar-refractivity contribution >= 4 is 0 Å². The summed E-state index contributed by atoms with van der Waals surface area (Å²) in [5.41, 5.74) is 2.55. The summed E-state index contributed by atoms with van der Waals surface area (Å²) in [5, 5.41) is 0. The number of hydrogen-bond donors (Lipinski definition) is 0. The molecule has 0 saturated heterocycles. The summed E-state index contributed by atoms with van der Waals surface area (Å²) in [6.07, 6.45) is 4.38. The minimum atomic E-state index is -0.478. The fraction of sp³-hybridized carbons (Fsp3) is 0.412. The van der Waals surface area contributed by atoms with Crippen molar-refractivity contribution < 1.29 is 8.78 Å². The lowest BCUT2D eigenvalue weighted by Crippen LogP contribution is -2.02. The molecule has 0 aliphatic carbocycles. The molecule has 0 aromatic carbocycles. The van der Waals surface area contributed by atoms with Gasteiger partial charge in [-0.1, -0.05) is 20.8 Å². The van der Waals surface area contributed by atoms with Gasteiger partial charge in [0.25, 0.3) is 0 Å². The topological polar surface area (TPSA) is 25.8 Å². The normalized spacial score (nSPS) is 12.7. The van der Waals surface area contributed by atoms with E-state index in [9.17, 15) is 8.78 Å². The number of halogens is 2. The Labute approximate surface area is 124 Å². The van der Waals surface area contributed by atoms with Gasteiger partial charge in [0.2, 0.25) is 11.9 Å². The zero-order chi connectivity index (χ0) is 15.4. The monoisotopic (exact) mass is 290 g/mol. The van der Waals surface area contributed by atoms with E-state index in [0.29, 0.717) is 17.9 Å². The average Bonchev–Trinajstić information content (AvgIpc) is 2.45. The van der Waals surface area contributed by atoms with Crippen LogP contribution in [0.25, 0.3) is 0 Å². The van der Waals surface area contributed by atoms with Gasteiger partial charge in [0.05, 0.1) is 0 Å². The lowest BCUT2D eigenvalue weighted by Gasteiger charge is -2.13.